The third-order valence-corrected chi connectivity index (χ3v) is 12.4. The van der Waals surface area contributed by atoms with Crippen molar-refractivity contribution < 1.29 is 18.1 Å². The van der Waals surface area contributed by atoms with E-state index in [-0.39, 0.29) is 22.8 Å². The van der Waals surface area contributed by atoms with Crippen molar-refractivity contribution in [3.63, 3.8) is 0 Å². The molecule has 1 heterocycles. The molecule has 13 nitrogen and oxygen atoms in total. The molecule has 4 aromatic carbocycles. The molecule has 220 valence electrons. The van der Waals surface area contributed by atoms with E-state index in [1.807, 2.05) is 12.1 Å². The van der Waals surface area contributed by atoms with Gasteiger partial charge in [-0.25, -0.2) is 0 Å². The summed E-state index contributed by atoms with van der Waals surface area (Å²) in [6.45, 7) is 0. The van der Waals surface area contributed by atoms with Crippen LogP contribution in [-0.4, -0.2) is 0 Å². The van der Waals surface area contributed by atoms with E-state index in [9.17, 15) is 26.3 Å². The Morgan fingerprint density at radius 1 is 0.478 bits per heavy atom. The fourth-order valence-electron chi connectivity index (χ4n) is 3.86. The predicted molar refractivity (Wildman–Crippen MR) is 169 cm³/mol. The number of benzene rings is 4. The largest absolute Gasteiger partial charge is 0.460 e. The highest BCUT2D eigenvalue weighted by Crippen LogP contribution is 2.68. The van der Waals surface area contributed by atoms with Gasteiger partial charge in [0, 0.05) is 0 Å². The lowest BCUT2D eigenvalue weighted by Gasteiger charge is -2.26. The number of nitriles is 5. The van der Waals surface area contributed by atoms with Gasteiger partial charge in [-0.3, -0.25) is 0 Å². The van der Waals surface area contributed by atoms with E-state index < -0.39 is 48.9 Å². The summed E-state index contributed by atoms with van der Waals surface area (Å²) in [6.07, 6.45) is 0. The molecule has 0 aliphatic carbocycles. The quantitative estimate of drug-likeness (QED) is 0.162. The zero-order valence-electron chi connectivity index (χ0n) is 23.1. The SMILES string of the molecule is N#Cc1c(C#N)c(C#N)c(OP2(Oc3ccccc3)=NP=NP=NP(Oc3ccccc3)(Oc3ccccc3)=N2)c(C#N)c1C#N. The first kappa shape index (κ1) is 31.6. The van der Waals surface area contributed by atoms with Crippen molar-refractivity contribution in [3.8, 4) is 53.3 Å². The second kappa shape index (κ2) is 14.3. The molecule has 5 rings (SSSR count). The van der Waals surface area contributed by atoms with Gasteiger partial charge in [0.2, 0.25) is 0 Å². The highest BCUT2D eigenvalue weighted by Gasteiger charge is 2.40. The lowest BCUT2D eigenvalue weighted by molar-refractivity contribution is 0.461. The zero-order valence-corrected chi connectivity index (χ0v) is 26.7. The molecule has 1 unspecified atom stereocenters. The summed E-state index contributed by atoms with van der Waals surface area (Å²) in [4.78, 5) is 0. The Bertz CT molecular complexity index is 2100. The molecule has 0 saturated carbocycles. The van der Waals surface area contributed by atoms with Crippen LogP contribution in [0, 0.1) is 56.7 Å². The molecule has 46 heavy (non-hydrogen) atoms. The number of para-hydroxylation sites is 3. The van der Waals surface area contributed by atoms with Crippen molar-refractivity contribution in [2.24, 2.45) is 18.1 Å². The second-order valence-electron chi connectivity index (χ2n) is 8.59. The van der Waals surface area contributed by atoms with Crippen molar-refractivity contribution in [1.29, 1.82) is 26.3 Å². The highest BCUT2D eigenvalue weighted by atomic mass is 31.2. The van der Waals surface area contributed by atoms with Crippen LogP contribution in [-0.2, 0) is 0 Å². The zero-order chi connectivity index (χ0) is 32.4. The van der Waals surface area contributed by atoms with E-state index in [1.165, 1.54) is 0 Å². The lowest BCUT2D eigenvalue weighted by atomic mass is 9.93. The topological polar surface area (TPSA) is 205 Å². The molecule has 0 bridgehead atoms. The Morgan fingerprint density at radius 3 is 1.28 bits per heavy atom. The monoisotopic (exact) mass is 677 g/mol. The Morgan fingerprint density at radius 2 is 0.870 bits per heavy atom. The summed E-state index contributed by atoms with van der Waals surface area (Å²) in [5.74, 6) is 0.357. The fourth-order valence-corrected chi connectivity index (χ4v) is 10.7. The van der Waals surface area contributed by atoms with E-state index in [4.69, 9.17) is 22.6 Å². The van der Waals surface area contributed by atoms with Gasteiger partial charge in [0.25, 0.3) is 0 Å². The van der Waals surface area contributed by atoms with Crippen LogP contribution >= 0.6 is 32.4 Å². The molecule has 1 aliphatic rings. The third-order valence-electron chi connectivity index (χ3n) is 5.74. The van der Waals surface area contributed by atoms with E-state index >= 15 is 0 Å². The number of hydrogen-bond donors (Lipinski definition) is 0. The summed E-state index contributed by atoms with van der Waals surface area (Å²) in [5.41, 5.74) is -2.35. The lowest BCUT2D eigenvalue weighted by Crippen LogP contribution is -2.08. The first-order chi connectivity index (χ1) is 22.5. The standard InChI is InChI=1S/C29H15N9O4P4/c30-16-24-25(17-31)27(19-33)29(28(20-34)26(24)18-32)42-46(41-23-14-8-3-9-15-23)37-44-35-43-36-45(38-46,39-21-10-4-1-5-11-21)40-22-12-6-2-7-13-22/h1-15H. The molecule has 0 saturated heterocycles. The molecule has 1 aliphatic heterocycles. The Balaban J connectivity index is 1.87. The van der Waals surface area contributed by atoms with E-state index in [0.29, 0.717) is 11.5 Å². The maximum atomic E-state index is 10.2. The molecule has 0 aromatic heterocycles. The van der Waals surface area contributed by atoms with Crippen molar-refractivity contribution in [2.45, 2.75) is 0 Å². The van der Waals surface area contributed by atoms with Crippen molar-refractivity contribution in [3.05, 3.63) is 119 Å². The molecular formula is C29H15N9O4P4. The minimum atomic E-state index is -4.22. The summed E-state index contributed by atoms with van der Waals surface area (Å²) in [7, 11) is -7.91. The maximum Gasteiger partial charge on any atom is 0.460 e. The minimum absolute atomic E-state index is 0.0515. The Hall–Kier alpha value is -5.81. The summed E-state index contributed by atoms with van der Waals surface area (Å²) >= 11 is 0. The summed E-state index contributed by atoms with van der Waals surface area (Å²) < 4.78 is 43.7. The normalized spacial score (nSPS) is 16.4. The van der Waals surface area contributed by atoms with Gasteiger partial charge in [0.05, 0.1) is 16.7 Å². The van der Waals surface area contributed by atoms with Crippen LogP contribution < -0.4 is 18.1 Å². The minimum Gasteiger partial charge on any atom is -0.413 e. The van der Waals surface area contributed by atoms with Crippen LogP contribution in [0.1, 0.15) is 27.8 Å². The first-order valence-electron chi connectivity index (χ1n) is 12.7. The molecule has 0 N–H and O–H groups in total. The smallest absolute Gasteiger partial charge is 0.413 e. The molecule has 4 aromatic rings. The van der Waals surface area contributed by atoms with Crippen molar-refractivity contribution in [2.75, 3.05) is 0 Å². The molecule has 0 amide bonds. The average molecular weight is 677 g/mol. The molecule has 0 radical (unpaired) electrons. The molecule has 1 atom stereocenters. The molecule has 17 heteroatoms. The van der Waals surface area contributed by atoms with Crippen LogP contribution in [0.15, 0.2) is 109 Å². The van der Waals surface area contributed by atoms with Crippen molar-refractivity contribution >= 4 is 32.4 Å². The van der Waals surface area contributed by atoms with Crippen LogP contribution in [0.2, 0.25) is 0 Å². The summed E-state index contributed by atoms with van der Waals surface area (Å²) in [6, 6.07) is 34.5. The van der Waals surface area contributed by atoms with Gasteiger partial charge in [-0.2, -0.15) is 30.8 Å². The van der Waals surface area contributed by atoms with Gasteiger partial charge in [-0.15, -0.1) is 9.03 Å². The number of hydrogen-bond acceptors (Lipinski definition) is 13. The highest BCUT2D eigenvalue weighted by molar-refractivity contribution is 7.71. The van der Waals surface area contributed by atoms with Crippen LogP contribution in [0.4, 0.5) is 0 Å². The van der Waals surface area contributed by atoms with E-state index in [2.05, 4.69) is 13.5 Å². The first-order valence-corrected chi connectivity index (χ1v) is 17.4. The Labute approximate surface area is 266 Å². The van der Waals surface area contributed by atoms with Gasteiger partial charge < -0.3 is 18.1 Å². The number of rotatable bonds is 8. The molecular weight excluding hydrogens is 662 g/mol. The van der Waals surface area contributed by atoms with Gasteiger partial charge in [-0.05, 0) is 36.4 Å². The third kappa shape index (κ3) is 6.79. The van der Waals surface area contributed by atoms with Crippen LogP contribution in [0.25, 0.3) is 0 Å². The average Bonchev–Trinajstić information content (AvgIpc) is 3.07. The fraction of sp³-hybridized carbons (Fsp3) is 0. The van der Waals surface area contributed by atoms with Crippen molar-refractivity contribution in [1.82, 2.24) is 0 Å². The van der Waals surface area contributed by atoms with Crippen LogP contribution in [0.5, 0.6) is 23.0 Å². The predicted octanol–water partition coefficient (Wildman–Crippen LogP) is 9.66. The number of nitrogens with zero attached hydrogens (tertiary/aromatic N) is 9. The van der Waals surface area contributed by atoms with E-state index in [0.717, 1.165) is 0 Å². The summed E-state index contributed by atoms with van der Waals surface area (Å²) in [5, 5.41) is 50.0. The Kier molecular flexibility index (Phi) is 9.84. The van der Waals surface area contributed by atoms with E-state index in [1.54, 1.807) is 109 Å². The maximum absolute atomic E-state index is 10.2. The second-order valence-corrected chi connectivity index (χ2v) is 14.5. The van der Waals surface area contributed by atoms with Gasteiger partial charge >= 0.3 is 15.3 Å². The van der Waals surface area contributed by atoms with Gasteiger partial charge in [-0.1, -0.05) is 59.1 Å². The van der Waals surface area contributed by atoms with Gasteiger partial charge in [0.1, 0.15) is 58.7 Å². The molecule has 0 fully saturated rings. The van der Waals surface area contributed by atoms with Crippen LogP contribution in [0.3, 0.4) is 0 Å². The van der Waals surface area contributed by atoms with Gasteiger partial charge in [0.15, 0.2) is 22.8 Å². The molecule has 0 spiro atoms.